The summed E-state index contributed by atoms with van der Waals surface area (Å²) in [6.07, 6.45) is 3.43. The highest BCUT2D eigenvalue weighted by atomic mass is 19.1. The van der Waals surface area contributed by atoms with E-state index in [1.54, 1.807) is 12.1 Å². The van der Waals surface area contributed by atoms with Crippen molar-refractivity contribution in [1.82, 2.24) is 15.4 Å². The summed E-state index contributed by atoms with van der Waals surface area (Å²) >= 11 is 0. The number of hydroxylamine groups is 1. The van der Waals surface area contributed by atoms with Crippen LogP contribution >= 0.6 is 0 Å². The molecule has 23 heavy (non-hydrogen) atoms. The van der Waals surface area contributed by atoms with Crippen LogP contribution < -0.4 is 5.48 Å². The Bertz CT molecular complexity index is 869. The van der Waals surface area contributed by atoms with E-state index in [9.17, 15) is 9.18 Å². The van der Waals surface area contributed by atoms with Crippen LogP contribution in [-0.4, -0.2) is 21.1 Å². The summed E-state index contributed by atoms with van der Waals surface area (Å²) in [5, 5.41) is 8.41. The fraction of sp³-hybridized carbons (Fsp3) is 0.0588. The van der Waals surface area contributed by atoms with Crippen LogP contribution in [0.5, 0.6) is 0 Å². The number of hydrogen-bond acceptors (Lipinski definition) is 3. The van der Waals surface area contributed by atoms with Gasteiger partial charge >= 0.3 is 0 Å². The monoisotopic (exact) mass is 311 g/mol. The van der Waals surface area contributed by atoms with Crippen molar-refractivity contribution in [2.45, 2.75) is 6.42 Å². The highest BCUT2D eigenvalue weighted by Crippen LogP contribution is 2.16. The number of nitrogens with one attached hydrogen (secondary N) is 2. The van der Waals surface area contributed by atoms with E-state index in [1.807, 2.05) is 24.3 Å². The van der Waals surface area contributed by atoms with E-state index >= 15 is 0 Å². The third kappa shape index (κ3) is 3.61. The summed E-state index contributed by atoms with van der Waals surface area (Å²) in [4.78, 5) is 18.4. The summed E-state index contributed by atoms with van der Waals surface area (Å²) in [5.41, 5.74) is 4.81. The molecule has 2 aromatic carbocycles. The van der Waals surface area contributed by atoms with Crippen molar-refractivity contribution in [2.24, 2.45) is 0 Å². The molecule has 3 N–H and O–H groups in total. The predicted octanol–water partition coefficient (Wildman–Crippen LogP) is 2.81. The number of carbonyl (C=O) groups excluding carboxylic acids is 1. The minimum atomic E-state index is -0.580. The zero-order chi connectivity index (χ0) is 16.2. The van der Waals surface area contributed by atoms with Crippen LogP contribution in [-0.2, 0) is 11.2 Å². The Morgan fingerprint density at radius 1 is 1.26 bits per heavy atom. The van der Waals surface area contributed by atoms with Crippen molar-refractivity contribution < 1.29 is 14.4 Å². The van der Waals surface area contributed by atoms with Crippen molar-refractivity contribution in [3.8, 4) is 0 Å². The molecule has 6 heteroatoms. The molecule has 1 heterocycles. The molecule has 0 radical (unpaired) electrons. The number of amides is 1. The van der Waals surface area contributed by atoms with Gasteiger partial charge in [0.05, 0.1) is 11.0 Å². The fourth-order valence-corrected chi connectivity index (χ4v) is 2.27. The molecule has 0 bridgehead atoms. The van der Waals surface area contributed by atoms with Crippen molar-refractivity contribution in [3.05, 3.63) is 71.3 Å². The molecule has 5 nitrogen and oxygen atoms in total. The lowest BCUT2D eigenvalue weighted by Crippen LogP contribution is -2.14. The third-order valence-electron chi connectivity index (χ3n) is 3.38. The summed E-state index contributed by atoms with van der Waals surface area (Å²) in [7, 11) is 0. The Morgan fingerprint density at radius 2 is 2.04 bits per heavy atom. The first kappa shape index (κ1) is 14.9. The maximum atomic E-state index is 13.2. The van der Waals surface area contributed by atoms with Crippen LogP contribution in [0.25, 0.3) is 17.1 Å². The molecule has 3 aromatic rings. The Kier molecular flexibility index (Phi) is 4.16. The molecule has 0 aliphatic rings. The molecule has 0 fully saturated rings. The van der Waals surface area contributed by atoms with Gasteiger partial charge in [-0.25, -0.2) is 14.9 Å². The molecule has 1 aromatic heterocycles. The average molecular weight is 311 g/mol. The van der Waals surface area contributed by atoms with Gasteiger partial charge in [0.25, 0.3) is 5.91 Å². The van der Waals surface area contributed by atoms with Gasteiger partial charge in [-0.1, -0.05) is 24.3 Å². The highest BCUT2D eigenvalue weighted by Gasteiger charge is 2.05. The summed E-state index contributed by atoms with van der Waals surface area (Å²) < 4.78 is 13.2. The molecule has 0 aliphatic heterocycles. The number of halogens is 1. The highest BCUT2D eigenvalue weighted by molar-refractivity contribution is 5.90. The van der Waals surface area contributed by atoms with Crippen LogP contribution in [0, 0.1) is 5.82 Å². The van der Waals surface area contributed by atoms with Crippen LogP contribution in [0.1, 0.15) is 17.0 Å². The van der Waals surface area contributed by atoms with E-state index in [2.05, 4.69) is 9.97 Å². The molecule has 0 atom stereocenters. The van der Waals surface area contributed by atoms with Gasteiger partial charge in [0.1, 0.15) is 11.6 Å². The van der Waals surface area contributed by atoms with E-state index in [-0.39, 0.29) is 5.82 Å². The zero-order valence-electron chi connectivity index (χ0n) is 12.1. The SMILES string of the molecule is O=C(C=Cc1ccc(Cc2nc3ccc(F)cc3[nH]2)cc1)NO. The van der Waals surface area contributed by atoms with Gasteiger partial charge in [-0.2, -0.15) is 0 Å². The lowest BCUT2D eigenvalue weighted by molar-refractivity contribution is -0.124. The normalized spacial score (nSPS) is 11.2. The molecule has 0 saturated carbocycles. The Hall–Kier alpha value is -2.99. The quantitative estimate of drug-likeness (QED) is 0.394. The maximum absolute atomic E-state index is 13.2. The summed E-state index contributed by atoms with van der Waals surface area (Å²) in [5.74, 6) is -0.118. The van der Waals surface area contributed by atoms with E-state index in [0.29, 0.717) is 11.9 Å². The zero-order valence-corrected chi connectivity index (χ0v) is 12.1. The molecular formula is C17H14FN3O2. The van der Waals surface area contributed by atoms with Gasteiger partial charge in [0.2, 0.25) is 0 Å². The first-order valence-corrected chi connectivity index (χ1v) is 6.99. The van der Waals surface area contributed by atoms with Gasteiger partial charge in [-0.15, -0.1) is 0 Å². The lowest BCUT2D eigenvalue weighted by atomic mass is 10.1. The Morgan fingerprint density at radius 3 is 2.78 bits per heavy atom. The van der Waals surface area contributed by atoms with Crippen LogP contribution in [0.4, 0.5) is 4.39 Å². The van der Waals surface area contributed by atoms with Gasteiger partial charge in [0, 0.05) is 12.5 Å². The number of imidazole rings is 1. The fourth-order valence-electron chi connectivity index (χ4n) is 2.27. The molecule has 0 spiro atoms. The Balaban J connectivity index is 1.74. The molecular weight excluding hydrogens is 297 g/mol. The second kappa shape index (κ2) is 6.41. The average Bonchev–Trinajstić information content (AvgIpc) is 2.95. The number of fused-ring (bicyclic) bond motifs is 1. The number of H-pyrrole nitrogens is 1. The number of carbonyl (C=O) groups is 1. The maximum Gasteiger partial charge on any atom is 0.267 e. The minimum Gasteiger partial charge on any atom is -0.342 e. The molecule has 1 amide bonds. The van der Waals surface area contributed by atoms with Crippen molar-refractivity contribution in [1.29, 1.82) is 0 Å². The van der Waals surface area contributed by atoms with Crippen LogP contribution in [0.15, 0.2) is 48.5 Å². The minimum absolute atomic E-state index is 0.296. The van der Waals surface area contributed by atoms with Gasteiger partial charge in [-0.05, 0) is 35.4 Å². The van der Waals surface area contributed by atoms with E-state index in [1.165, 1.54) is 23.7 Å². The summed E-state index contributed by atoms with van der Waals surface area (Å²) in [6, 6.07) is 12.0. The van der Waals surface area contributed by atoms with Crippen LogP contribution in [0.3, 0.4) is 0 Å². The van der Waals surface area contributed by atoms with Gasteiger partial charge in [-0.3, -0.25) is 10.0 Å². The van der Waals surface area contributed by atoms with E-state index in [4.69, 9.17) is 5.21 Å². The molecule has 116 valence electrons. The molecule has 0 saturated heterocycles. The second-order valence-corrected chi connectivity index (χ2v) is 5.07. The van der Waals surface area contributed by atoms with E-state index in [0.717, 1.165) is 22.5 Å². The molecule has 0 unspecified atom stereocenters. The number of benzene rings is 2. The molecule has 0 aliphatic carbocycles. The van der Waals surface area contributed by atoms with Gasteiger partial charge in [0.15, 0.2) is 0 Å². The summed E-state index contributed by atoms with van der Waals surface area (Å²) in [6.45, 7) is 0. The lowest BCUT2D eigenvalue weighted by Gasteiger charge is -1.99. The number of hydrogen-bond donors (Lipinski definition) is 3. The van der Waals surface area contributed by atoms with Crippen molar-refractivity contribution in [2.75, 3.05) is 0 Å². The number of rotatable bonds is 4. The molecule has 3 rings (SSSR count). The number of aromatic nitrogens is 2. The smallest absolute Gasteiger partial charge is 0.267 e. The third-order valence-corrected chi connectivity index (χ3v) is 3.38. The van der Waals surface area contributed by atoms with Crippen molar-refractivity contribution >= 4 is 23.0 Å². The van der Waals surface area contributed by atoms with Crippen LogP contribution in [0.2, 0.25) is 0 Å². The second-order valence-electron chi connectivity index (χ2n) is 5.07. The first-order chi connectivity index (χ1) is 11.1. The standard InChI is InChI=1S/C17H14FN3O2/c18-13-6-7-14-15(10-13)20-16(19-14)9-12-3-1-11(2-4-12)5-8-17(22)21-23/h1-8,10,23H,9H2,(H,19,20)(H,21,22). The number of aromatic amines is 1. The van der Waals surface area contributed by atoms with E-state index < -0.39 is 5.91 Å². The Labute approximate surface area is 131 Å². The van der Waals surface area contributed by atoms with Crippen molar-refractivity contribution in [3.63, 3.8) is 0 Å². The number of nitrogens with zero attached hydrogens (tertiary/aromatic N) is 1. The first-order valence-electron chi connectivity index (χ1n) is 6.99. The predicted molar refractivity (Wildman–Crippen MR) is 84.3 cm³/mol. The largest absolute Gasteiger partial charge is 0.342 e. The van der Waals surface area contributed by atoms with Gasteiger partial charge < -0.3 is 4.98 Å². The topological polar surface area (TPSA) is 78.0 Å².